The van der Waals surface area contributed by atoms with Gasteiger partial charge >= 0.3 is 0 Å². The SMILES string of the molecule is C[C@@H]1CCC[C@@H](C)N1C(=O)CSc1nnc(-c2ccc(Cl)cc2)n1-c1ccc(Cl)cc1. The molecule has 0 saturated carbocycles. The standard InChI is InChI=1S/C23H24Cl2N4OS/c1-15-4-3-5-16(2)28(15)21(30)14-31-23-27-26-22(17-6-8-18(24)9-7-17)29(23)20-12-10-19(25)11-13-20/h6-13,15-16H,3-5,14H2,1-2H3/t15-,16-/m1/s1. The zero-order valence-corrected chi connectivity index (χ0v) is 19.8. The average Bonchev–Trinajstić information content (AvgIpc) is 3.17. The van der Waals surface area contributed by atoms with Crippen molar-refractivity contribution in [2.24, 2.45) is 0 Å². The van der Waals surface area contributed by atoms with Gasteiger partial charge in [0.1, 0.15) is 0 Å². The highest BCUT2D eigenvalue weighted by atomic mass is 35.5. The number of benzene rings is 2. The molecule has 4 rings (SSSR count). The molecule has 162 valence electrons. The Labute approximate surface area is 196 Å². The lowest BCUT2D eigenvalue weighted by Gasteiger charge is -2.39. The van der Waals surface area contributed by atoms with Gasteiger partial charge in [0.25, 0.3) is 0 Å². The molecule has 8 heteroatoms. The van der Waals surface area contributed by atoms with E-state index < -0.39 is 0 Å². The molecular weight excluding hydrogens is 451 g/mol. The van der Waals surface area contributed by atoms with Crippen molar-refractivity contribution in [3.63, 3.8) is 0 Å². The third-order valence-electron chi connectivity index (χ3n) is 5.63. The number of hydrogen-bond acceptors (Lipinski definition) is 4. The number of thioether (sulfide) groups is 1. The van der Waals surface area contributed by atoms with Crippen LogP contribution >= 0.6 is 35.0 Å². The first kappa shape index (κ1) is 22.2. The monoisotopic (exact) mass is 474 g/mol. The van der Waals surface area contributed by atoms with E-state index in [0.717, 1.165) is 24.1 Å². The molecule has 0 spiro atoms. The summed E-state index contributed by atoms with van der Waals surface area (Å²) in [4.78, 5) is 15.0. The third kappa shape index (κ3) is 4.92. The Bertz CT molecular complexity index is 1040. The summed E-state index contributed by atoms with van der Waals surface area (Å²) in [6, 6.07) is 15.5. The van der Waals surface area contributed by atoms with Crippen LogP contribution in [0, 0.1) is 0 Å². The van der Waals surface area contributed by atoms with Crippen molar-refractivity contribution >= 4 is 40.9 Å². The number of rotatable bonds is 5. The van der Waals surface area contributed by atoms with E-state index in [1.807, 2.05) is 58.0 Å². The van der Waals surface area contributed by atoms with E-state index in [0.29, 0.717) is 26.8 Å². The molecule has 1 fully saturated rings. The largest absolute Gasteiger partial charge is 0.337 e. The lowest BCUT2D eigenvalue weighted by atomic mass is 9.98. The zero-order valence-electron chi connectivity index (χ0n) is 17.5. The first-order valence-electron chi connectivity index (χ1n) is 10.4. The molecule has 0 aliphatic carbocycles. The van der Waals surface area contributed by atoms with Gasteiger partial charge in [-0.05, 0) is 81.6 Å². The molecule has 0 unspecified atom stereocenters. The van der Waals surface area contributed by atoms with Crippen LogP contribution in [0.5, 0.6) is 0 Å². The van der Waals surface area contributed by atoms with Crippen LogP contribution in [0.15, 0.2) is 53.7 Å². The predicted octanol–water partition coefficient (Wildman–Crippen LogP) is 6.12. The quantitative estimate of drug-likeness (QED) is 0.417. The molecule has 1 amide bonds. The van der Waals surface area contributed by atoms with E-state index in [4.69, 9.17) is 23.2 Å². The number of aromatic nitrogens is 3. The van der Waals surface area contributed by atoms with Gasteiger partial charge in [-0.1, -0.05) is 35.0 Å². The number of carbonyl (C=O) groups excluding carboxylic acids is 1. The Kier molecular flexibility index (Phi) is 6.89. The number of halogens is 2. The summed E-state index contributed by atoms with van der Waals surface area (Å²) in [6.45, 7) is 4.26. The van der Waals surface area contributed by atoms with Crippen molar-refractivity contribution in [2.45, 2.75) is 50.4 Å². The van der Waals surface area contributed by atoms with Crippen molar-refractivity contribution in [3.8, 4) is 17.1 Å². The highest BCUT2D eigenvalue weighted by Gasteiger charge is 2.29. The summed E-state index contributed by atoms with van der Waals surface area (Å²) in [6.07, 6.45) is 3.29. The van der Waals surface area contributed by atoms with Gasteiger partial charge in [0, 0.05) is 33.4 Å². The molecule has 0 radical (unpaired) electrons. The van der Waals surface area contributed by atoms with Crippen LogP contribution in [0.1, 0.15) is 33.1 Å². The Morgan fingerprint density at radius 2 is 1.55 bits per heavy atom. The second-order valence-corrected chi connectivity index (χ2v) is 9.66. The van der Waals surface area contributed by atoms with Gasteiger partial charge in [0.05, 0.1) is 5.75 Å². The highest BCUT2D eigenvalue weighted by Crippen LogP contribution is 2.30. The second kappa shape index (κ2) is 9.63. The van der Waals surface area contributed by atoms with E-state index in [-0.39, 0.29) is 18.0 Å². The molecule has 3 aromatic rings. The van der Waals surface area contributed by atoms with Crippen molar-refractivity contribution in [3.05, 3.63) is 58.6 Å². The molecule has 2 atom stereocenters. The molecular formula is C23H24Cl2N4OS. The minimum Gasteiger partial charge on any atom is -0.337 e. The molecule has 1 aliphatic rings. The van der Waals surface area contributed by atoms with Crippen LogP contribution in [0.25, 0.3) is 17.1 Å². The third-order valence-corrected chi connectivity index (χ3v) is 7.04. The Morgan fingerprint density at radius 3 is 2.16 bits per heavy atom. The maximum atomic E-state index is 13.0. The molecule has 0 N–H and O–H groups in total. The number of piperidine rings is 1. The van der Waals surface area contributed by atoms with Crippen molar-refractivity contribution in [1.29, 1.82) is 0 Å². The minimum atomic E-state index is 0.142. The lowest BCUT2D eigenvalue weighted by Crippen LogP contribution is -2.48. The van der Waals surface area contributed by atoms with Gasteiger partial charge in [0.15, 0.2) is 11.0 Å². The van der Waals surface area contributed by atoms with Crippen LogP contribution in [-0.2, 0) is 4.79 Å². The van der Waals surface area contributed by atoms with Crippen molar-refractivity contribution in [2.75, 3.05) is 5.75 Å². The molecule has 31 heavy (non-hydrogen) atoms. The summed E-state index contributed by atoms with van der Waals surface area (Å²) in [5.41, 5.74) is 1.78. The first-order chi connectivity index (χ1) is 14.9. The fraction of sp³-hybridized carbons (Fsp3) is 0.348. The van der Waals surface area contributed by atoms with Gasteiger partial charge in [-0.3, -0.25) is 9.36 Å². The number of likely N-dealkylation sites (tertiary alicyclic amines) is 1. The first-order valence-corrected chi connectivity index (χ1v) is 12.1. The van der Waals surface area contributed by atoms with Crippen LogP contribution in [0.2, 0.25) is 10.0 Å². The molecule has 0 bridgehead atoms. The average molecular weight is 475 g/mol. The summed E-state index contributed by atoms with van der Waals surface area (Å²) in [7, 11) is 0. The Balaban J connectivity index is 1.63. The van der Waals surface area contributed by atoms with Crippen molar-refractivity contribution < 1.29 is 4.79 Å². The summed E-state index contributed by atoms with van der Waals surface area (Å²) in [5, 5.41) is 10.8. The predicted molar refractivity (Wildman–Crippen MR) is 127 cm³/mol. The molecule has 1 aromatic heterocycles. The topological polar surface area (TPSA) is 51.0 Å². The van der Waals surface area contributed by atoms with Crippen molar-refractivity contribution in [1.82, 2.24) is 19.7 Å². The Morgan fingerprint density at radius 1 is 0.968 bits per heavy atom. The van der Waals surface area contributed by atoms with E-state index in [9.17, 15) is 4.79 Å². The summed E-state index contributed by atoms with van der Waals surface area (Å²) < 4.78 is 1.96. The highest BCUT2D eigenvalue weighted by molar-refractivity contribution is 7.99. The fourth-order valence-electron chi connectivity index (χ4n) is 4.09. The second-order valence-electron chi connectivity index (χ2n) is 7.84. The zero-order chi connectivity index (χ0) is 22.0. The van der Waals surface area contributed by atoms with E-state index >= 15 is 0 Å². The molecule has 5 nitrogen and oxygen atoms in total. The van der Waals surface area contributed by atoms with Gasteiger partial charge < -0.3 is 4.90 Å². The summed E-state index contributed by atoms with van der Waals surface area (Å²) >= 11 is 13.6. The normalized spacial score (nSPS) is 18.9. The number of nitrogens with zero attached hydrogens (tertiary/aromatic N) is 4. The van der Waals surface area contributed by atoms with Crippen LogP contribution in [0.3, 0.4) is 0 Å². The summed E-state index contributed by atoms with van der Waals surface area (Å²) in [5.74, 6) is 1.15. The Hall–Kier alpha value is -2.02. The van der Waals surface area contributed by atoms with Gasteiger partial charge in [-0.15, -0.1) is 10.2 Å². The van der Waals surface area contributed by atoms with E-state index in [1.165, 1.54) is 18.2 Å². The lowest BCUT2D eigenvalue weighted by molar-refractivity contribution is -0.134. The van der Waals surface area contributed by atoms with Gasteiger partial charge in [-0.25, -0.2) is 0 Å². The van der Waals surface area contributed by atoms with E-state index in [2.05, 4.69) is 24.0 Å². The number of carbonyl (C=O) groups is 1. The van der Waals surface area contributed by atoms with Crippen LogP contribution < -0.4 is 0 Å². The molecule has 2 aromatic carbocycles. The molecule has 2 heterocycles. The molecule has 1 saturated heterocycles. The van der Waals surface area contributed by atoms with Gasteiger partial charge in [-0.2, -0.15) is 0 Å². The fourth-order valence-corrected chi connectivity index (χ4v) is 5.16. The van der Waals surface area contributed by atoms with Crippen LogP contribution in [0.4, 0.5) is 0 Å². The van der Waals surface area contributed by atoms with E-state index in [1.54, 1.807) is 0 Å². The molecule has 1 aliphatic heterocycles. The smallest absolute Gasteiger partial charge is 0.233 e. The number of amides is 1. The van der Waals surface area contributed by atoms with Crippen LogP contribution in [-0.4, -0.2) is 43.4 Å². The van der Waals surface area contributed by atoms with Gasteiger partial charge in [0.2, 0.25) is 5.91 Å². The minimum absolute atomic E-state index is 0.142. The maximum absolute atomic E-state index is 13.0. The maximum Gasteiger partial charge on any atom is 0.233 e. The number of hydrogen-bond donors (Lipinski definition) is 0.